The molecule has 2 N–H and O–H groups in total. The summed E-state index contributed by atoms with van der Waals surface area (Å²) in [6.45, 7) is 5.61. The van der Waals surface area contributed by atoms with Gasteiger partial charge in [0.2, 0.25) is 15.9 Å². The predicted octanol–water partition coefficient (Wildman–Crippen LogP) is 2.32. The predicted molar refractivity (Wildman–Crippen MR) is 113 cm³/mol. The molecule has 0 bridgehead atoms. The quantitative estimate of drug-likeness (QED) is 0.727. The van der Waals surface area contributed by atoms with Crippen molar-refractivity contribution >= 4 is 28.3 Å². The molecule has 2 fully saturated rings. The number of hydrogen-bond donors (Lipinski definition) is 2. The fourth-order valence-electron chi connectivity index (χ4n) is 3.93. The zero-order valence-corrected chi connectivity index (χ0v) is 18.2. The first-order valence-electron chi connectivity index (χ1n) is 10.0. The van der Waals surface area contributed by atoms with Crippen molar-refractivity contribution in [3.8, 4) is 0 Å². The highest BCUT2D eigenvalue weighted by Crippen LogP contribution is 2.24. The van der Waals surface area contributed by atoms with E-state index in [0.717, 1.165) is 25.1 Å². The fraction of sp³-hybridized carbons (Fsp3) is 0.650. The van der Waals surface area contributed by atoms with Crippen LogP contribution in [0, 0.1) is 18.8 Å². The SMILES string of the molecule is Cc1ccc(S(=O)(=O)N2CCC(C(=O)NCCC3CCCNC3)CC2)cc1.Cl. The van der Waals surface area contributed by atoms with E-state index >= 15 is 0 Å². The number of sulfonamides is 1. The molecule has 2 saturated heterocycles. The van der Waals surface area contributed by atoms with Gasteiger partial charge in [-0.3, -0.25) is 4.79 Å². The fourth-order valence-corrected chi connectivity index (χ4v) is 5.40. The van der Waals surface area contributed by atoms with Crippen LogP contribution in [0.3, 0.4) is 0 Å². The topological polar surface area (TPSA) is 78.5 Å². The molecule has 2 aliphatic rings. The van der Waals surface area contributed by atoms with E-state index in [1.54, 1.807) is 12.1 Å². The maximum Gasteiger partial charge on any atom is 0.243 e. The van der Waals surface area contributed by atoms with Crippen molar-refractivity contribution in [3.05, 3.63) is 29.8 Å². The molecule has 0 aromatic heterocycles. The number of amides is 1. The highest BCUT2D eigenvalue weighted by molar-refractivity contribution is 7.89. The summed E-state index contributed by atoms with van der Waals surface area (Å²) in [6.07, 6.45) is 4.63. The Kier molecular flexibility index (Phi) is 8.74. The van der Waals surface area contributed by atoms with E-state index in [0.29, 0.717) is 43.3 Å². The van der Waals surface area contributed by atoms with Gasteiger partial charge >= 0.3 is 0 Å². The molecule has 6 nitrogen and oxygen atoms in total. The van der Waals surface area contributed by atoms with Gasteiger partial charge < -0.3 is 10.6 Å². The summed E-state index contributed by atoms with van der Waals surface area (Å²) in [6, 6.07) is 6.94. The van der Waals surface area contributed by atoms with Crippen molar-refractivity contribution in [2.45, 2.75) is 43.9 Å². The van der Waals surface area contributed by atoms with E-state index in [1.165, 1.54) is 17.1 Å². The number of aryl methyl sites for hydroxylation is 1. The molecule has 0 aliphatic carbocycles. The highest BCUT2D eigenvalue weighted by Gasteiger charge is 2.32. The monoisotopic (exact) mass is 429 g/mol. The number of nitrogens with zero attached hydrogens (tertiary/aromatic N) is 1. The smallest absolute Gasteiger partial charge is 0.243 e. The van der Waals surface area contributed by atoms with Gasteiger partial charge in [0.15, 0.2) is 0 Å². The number of benzene rings is 1. The zero-order valence-electron chi connectivity index (χ0n) is 16.5. The molecule has 0 radical (unpaired) electrons. The lowest BCUT2D eigenvalue weighted by molar-refractivity contribution is -0.126. The molecule has 158 valence electrons. The van der Waals surface area contributed by atoms with Gasteiger partial charge in [-0.05, 0) is 70.2 Å². The Morgan fingerprint density at radius 1 is 1.18 bits per heavy atom. The summed E-state index contributed by atoms with van der Waals surface area (Å²) in [5, 5.41) is 6.45. The summed E-state index contributed by atoms with van der Waals surface area (Å²) in [5.41, 5.74) is 1.04. The molecule has 1 aromatic rings. The van der Waals surface area contributed by atoms with Crippen LogP contribution in [0.4, 0.5) is 0 Å². The Morgan fingerprint density at radius 2 is 1.86 bits per heavy atom. The highest BCUT2D eigenvalue weighted by atomic mass is 35.5. The molecule has 28 heavy (non-hydrogen) atoms. The number of piperidine rings is 2. The van der Waals surface area contributed by atoms with Crippen molar-refractivity contribution in [1.29, 1.82) is 0 Å². The molecule has 1 aromatic carbocycles. The standard InChI is InChI=1S/C20H31N3O3S.ClH/c1-16-4-6-19(7-5-16)27(25,26)23-13-9-18(10-14-23)20(24)22-12-8-17-3-2-11-21-15-17;/h4-7,17-18,21H,2-3,8-15H2,1H3,(H,22,24);1H. The molecule has 8 heteroatoms. The number of halogens is 1. The van der Waals surface area contributed by atoms with Crippen LogP contribution in [0.5, 0.6) is 0 Å². The number of rotatable bonds is 6. The maximum atomic E-state index is 12.7. The number of hydrogen-bond acceptors (Lipinski definition) is 4. The molecule has 1 amide bonds. The van der Waals surface area contributed by atoms with E-state index in [2.05, 4.69) is 10.6 Å². The summed E-state index contributed by atoms with van der Waals surface area (Å²) in [4.78, 5) is 12.7. The van der Waals surface area contributed by atoms with E-state index in [-0.39, 0.29) is 24.2 Å². The lowest BCUT2D eigenvalue weighted by Crippen LogP contribution is -2.43. The lowest BCUT2D eigenvalue weighted by atomic mass is 9.95. The van der Waals surface area contributed by atoms with Gasteiger partial charge in [0.1, 0.15) is 0 Å². The van der Waals surface area contributed by atoms with E-state index in [4.69, 9.17) is 0 Å². The third-order valence-corrected chi connectivity index (χ3v) is 7.65. The van der Waals surface area contributed by atoms with Gasteiger partial charge in [-0.15, -0.1) is 12.4 Å². The first-order valence-corrected chi connectivity index (χ1v) is 11.5. The van der Waals surface area contributed by atoms with Crippen molar-refractivity contribution < 1.29 is 13.2 Å². The second-order valence-electron chi connectivity index (χ2n) is 7.78. The molecule has 3 rings (SSSR count). The Hall–Kier alpha value is -1.15. The second kappa shape index (κ2) is 10.6. The van der Waals surface area contributed by atoms with Crippen LogP contribution in [0.1, 0.15) is 37.7 Å². The van der Waals surface area contributed by atoms with E-state index in [9.17, 15) is 13.2 Å². The number of carbonyl (C=O) groups is 1. The van der Waals surface area contributed by atoms with Gasteiger partial charge in [0, 0.05) is 25.6 Å². The molecular weight excluding hydrogens is 398 g/mol. The van der Waals surface area contributed by atoms with Crippen LogP contribution < -0.4 is 10.6 Å². The summed E-state index contributed by atoms with van der Waals surface area (Å²) >= 11 is 0. The molecule has 0 saturated carbocycles. The molecular formula is C20H32ClN3O3S. The first kappa shape index (κ1) is 23.1. The van der Waals surface area contributed by atoms with Crippen molar-refractivity contribution in [1.82, 2.24) is 14.9 Å². The number of nitrogens with one attached hydrogen (secondary N) is 2. The largest absolute Gasteiger partial charge is 0.356 e. The Balaban J connectivity index is 0.00000280. The van der Waals surface area contributed by atoms with Gasteiger partial charge in [-0.25, -0.2) is 8.42 Å². The molecule has 2 aliphatic heterocycles. The minimum absolute atomic E-state index is 0. The third kappa shape index (κ3) is 5.92. The third-order valence-electron chi connectivity index (χ3n) is 5.73. The lowest BCUT2D eigenvalue weighted by Gasteiger charge is -2.30. The average molecular weight is 430 g/mol. The van der Waals surface area contributed by atoms with Gasteiger partial charge in [-0.2, -0.15) is 4.31 Å². The van der Waals surface area contributed by atoms with Crippen LogP contribution in [-0.4, -0.2) is 51.4 Å². The maximum absolute atomic E-state index is 12.7. The zero-order chi connectivity index (χ0) is 19.3. The minimum Gasteiger partial charge on any atom is -0.356 e. The van der Waals surface area contributed by atoms with Crippen LogP contribution in [0.15, 0.2) is 29.2 Å². The normalized spacial score (nSPS) is 21.7. The Morgan fingerprint density at radius 3 is 2.46 bits per heavy atom. The van der Waals surface area contributed by atoms with Gasteiger partial charge in [0.25, 0.3) is 0 Å². The van der Waals surface area contributed by atoms with Crippen molar-refractivity contribution in [2.75, 3.05) is 32.7 Å². The van der Waals surface area contributed by atoms with Crippen molar-refractivity contribution in [3.63, 3.8) is 0 Å². The first-order chi connectivity index (χ1) is 13.0. The summed E-state index contributed by atoms with van der Waals surface area (Å²) in [5.74, 6) is 0.644. The van der Waals surface area contributed by atoms with Crippen molar-refractivity contribution in [2.24, 2.45) is 11.8 Å². The molecule has 1 unspecified atom stereocenters. The van der Waals surface area contributed by atoms with E-state index < -0.39 is 10.0 Å². The van der Waals surface area contributed by atoms with Crippen LogP contribution in [0.25, 0.3) is 0 Å². The van der Waals surface area contributed by atoms with Crippen LogP contribution in [-0.2, 0) is 14.8 Å². The Bertz CT molecular complexity index is 726. The van der Waals surface area contributed by atoms with Gasteiger partial charge in [-0.1, -0.05) is 17.7 Å². The molecule has 1 atom stereocenters. The van der Waals surface area contributed by atoms with Crippen LogP contribution in [0.2, 0.25) is 0 Å². The minimum atomic E-state index is -3.46. The average Bonchev–Trinajstić information content (AvgIpc) is 2.69. The summed E-state index contributed by atoms with van der Waals surface area (Å²) in [7, 11) is -3.46. The van der Waals surface area contributed by atoms with Crippen LogP contribution >= 0.6 is 12.4 Å². The van der Waals surface area contributed by atoms with E-state index in [1.807, 2.05) is 19.1 Å². The number of carbonyl (C=O) groups excluding carboxylic acids is 1. The molecule has 0 spiro atoms. The van der Waals surface area contributed by atoms with Gasteiger partial charge in [0.05, 0.1) is 4.90 Å². The molecule has 2 heterocycles. The summed E-state index contributed by atoms with van der Waals surface area (Å²) < 4.78 is 27.0. The second-order valence-corrected chi connectivity index (χ2v) is 9.72. The Labute approximate surface area is 174 Å².